The van der Waals surface area contributed by atoms with Crippen molar-refractivity contribution in [2.24, 2.45) is 0 Å². The minimum Gasteiger partial charge on any atom is -0.326 e. The quantitative estimate of drug-likeness (QED) is 0.440. The Bertz CT molecular complexity index is 1160. The lowest BCUT2D eigenvalue weighted by Crippen LogP contribution is -2.15. The lowest BCUT2D eigenvalue weighted by Gasteiger charge is -2.10. The molecule has 0 radical (unpaired) electrons. The Morgan fingerprint density at radius 1 is 0.900 bits per heavy atom. The van der Waals surface area contributed by atoms with Crippen molar-refractivity contribution in [1.29, 1.82) is 0 Å². The number of nitrogens with one attached hydrogen (secondary N) is 2. The van der Waals surface area contributed by atoms with Crippen LogP contribution in [0, 0.1) is 17.0 Å². The fraction of sp³-hybridized carbons (Fsp3) is 0.0952. The molecule has 154 valence electrons. The van der Waals surface area contributed by atoms with Crippen LogP contribution in [-0.2, 0) is 21.2 Å². The number of rotatable bonds is 7. The molecule has 2 N–H and O–H groups in total. The van der Waals surface area contributed by atoms with Crippen LogP contribution in [0.3, 0.4) is 0 Å². The van der Waals surface area contributed by atoms with Gasteiger partial charge in [-0.3, -0.25) is 19.6 Å². The molecule has 8 nitrogen and oxygen atoms in total. The smallest absolute Gasteiger partial charge is 0.269 e. The number of carbonyl (C=O) groups excluding carboxylic acids is 1. The lowest BCUT2D eigenvalue weighted by atomic mass is 10.1. The maximum Gasteiger partial charge on any atom is 0.269 e. The number of carbonyl (C=O) groups is 1. The molecule has 0 aliphatic carbocycles. The fourth-order valence-corrected chi connectivity index (χ4v) is 3.74. The van der Waals surface area contributed by atoms with Crippen LogP contribution in [0.15, 0.2) is 77.7 Å². The molecule has 0 aromatic heterocycles. The van der Waals surface area contributed by atoms with Gasteiger partial charge in [-0.15, -0.1) is 0 Å². The summed E-state index contributed by atoms with van der Waals surface area (Å²) < 4.78 is 27.3. The summed E-state index contributed by atoms with van der Waals surface area (Å²) in [6, 6.07) is 18.5. The molecule has 0 spiro atoms. The third-order valence-corrected chi connectivity index (χ3v) is 5.66. The van der Waals surface area contributed by atoms with Crippen molar-refractivity contribution in [3.8, 4) is 0 Å². The molecule has 0 saturated carbocycles. The van der Waals surface area contributed by atoms with Gasteiger partial charge in [0.2, 0.25) is 5.91 Å². The molecule has 0 unspecified atom stereocenters. The van der Waals surface area contributed by atoms with Gasteiger partial charge in [-0.25, -0.2) is 8.42 Å². The maximum atomic E-state index is 12.4. The van der Waals surface area contributed by atoms with E-state index in [1.54, 1.807) is 36.4 Å². The van der Waals surface area contributed by atoms with E-state index in [9.17, 15) is 23.3 Å². The third-order valence-electron chi connectivity index (χ3n) is 4.26. The van der Waals surface area contributed by atoms with Gasteiger partial charge in [-0.2, -0.15) is 0 Å². The number of nitrogens with zero attached hydrogens (tertiary/aromatic N) is 1. The van der Waals surface area contributed by atoms with E-state index >= 15 is 0 Å². The number of sulfonamides is 1. The normalized spacial score (nSPS) is 11.0. The van der Waals surface area contributed by atoms with Crippen LogP contribution in [0.5, 0.6) is 0 Å². The molecule has 0 fully saturated rings. The zero-order valence-electron chi connectivity index (χ0n) is 16.0. The summed E-state index contributed by atoms with van der Waals surface area (Å²) in [6.07, 6.45) is 0.0554. The monoisotopic (exact) mass is 425 g/mol. The van der Waals surface area contributed by atoms with E-state index in [-0.39, 0.29) is 22.9 Å². The Kier molecular flexibility index (Phi) is 6.12. The maximum absolute atomic E-state index is 12.4. The Hall–Kier alpha value is -3.72. The highest BCUT2D eigenvalue weighted by atomic mass is 32.2. The number of nitro benzene ring substituents is 1. The topological polar surface area (TPSA) is 118 Å². The molecule has 9 heteroatoms. The van der Waals surface area contributed by atoms with Gasteiger partial charge < -0.3 is 5.32 Å². The summed E-state index contributed by atoms with van der Waals surface area (Å²) in [7, 11) is -3.70. The number of aryl methyl sites for hydroxylation is 1. The number of nitro groups is 1. The Labute approximate surface area is 173 Å². The highest BCUT2D eigenvalue weighted by molar-refractivity contribution is 7.92. The minimum atomic E-state index is -3.70. The molecule has 0 aliphatic heterocycles. The standard InChI is InChI=1S/C21H19N3O5S/c1-15-2-12-20(13-3-15)30(28,29)23-18-8-6-17(7-9-18)22-21(25)14-16-4-10-19(11-5-16)24(26)27/h2-13,23H,14H2,1H3,(H,22,25). The van der Waals surface area contributed by atoms with Gasteiger partial charge in [0.05, 0.1) is 16.2 Å². The first-order valence-corrected chi connectivity index (χ1v) is 10.4. The molecular formula is C21H19N3O5S. The van der Waals surface area contributed by atoms with Gasteiger partial charge in [0.1, 0.15) is 0 Å². The average Bonchev–Trinajstić information content (AvgIpc) is 2.70. The molecule has 3 aromatic carbocycles. The van der Waals surface area contributed by atoms with Crippen LogP contribution in [0.2, 0.25) is 0 Å². The van der Waals surface area contributed by atoms with Gasteiger partial charge in [-0.05, 0) is 48.9 Å². The van der Waals surface area contributed by atoms with Crippen molar-refractivity contribution in [3.63, 3.8) is 0 Å². The largest absolute Gasteiger partial charge is 0.326 e. The van der Waals surface area contributed by atoms with Gasteiger partial charge in [0.25, 0.3) is 15.7 Å². The molecule has 0 atom stereocenters. The molecule has 30 heavy (non-hydrogen) atoms. The van der Waals surface area contributed by atoms with E-state index in [1.165, 1.54) is 36.4 Å². The Balaban J connectivity index is 1.60. The number of non-ortho nitro benzene ring substituents is 1. The van der Waals surface area contributed by atoms with Crippen molar-refractivity contribution in [3.05, 3.63) is 94.0 Å². The van der Waals surface area contributed by atoms with Crippen molar-refractivity contribution < 1.29 is 18.1 Å². The highest BCUT2D eigenvalue weighted by Crippen LogP contribution is 2.19. The first-order valence-electron chi connectivity index (χ1n) is 8.96. The first-order chi connectivity index (χ1) is 14.2. The summed E-state index contributed by atoms with van der Waals surface area (Å²) in [5, 5.41) is 13.4. The van der Waals surface area contributed by atoms with Crippen LogP contribution in [0.1, 0.15) is 11.1 Å². The van der Waals surface area contributed by atoms with E-state index in [0.29, 0.717) is 16.9 Å². The zero-order chi connectivity index (χ0) is 21.7. The summed E-state index contributed by atoms with van der Waals surface area (Å²) >= 11 is 0. The summed E-state index contributed by atoms with van der Waals surface area (Å²) in [5.41, 5.74) is 2.43. The fourth-order valence-electron chi connectivity index (χ4n) is 2.68. The molecule has 0 heterocycles. The van der Waals surface area contributed by atoms with Crippen LogP contribution < -0.4 is 10.0 Å². The number of benzene rings is 3. The zero-order valence-corrected chi connectivity index (χ0v) is 16.8. The number of amides is 1. The van der Waals surface area contributed by atoms with Crippen molar-refractivity contribution >= 4 is 33.0 Å². The van der Waals surface area contributed by atoms with E-state index < -0.39 is 14.9 Å². The molecule has 0 aliphatic rings. The molecule has 0 saturated heterocycles. The summed E-state index contributed by atoms with van der Waals surface area (Å²) in [6.45, 7) is 1.87. The lowest BCUT2D eigenvalue weighted by molar-refractivity contribution is -0.384. The minimum absolute atomic E-state index is 0.0390. The summed E-state index contributed by atoms with van der Waals surface area (Å²) in [4.78, 5) is 22.5. The van der Waals surface area contributed by atoms with Crippen molar-refractivity contribution in [2.45, 2.75) is 18.2 Å². The third kappa shape index (κ3) is 5.42. The van der Waals surface area contributed by atoms with Crippen LogP contribution >= 0.6 is 0 Å². The van der Waals surface area contributed by atoms with Gasteiger partial charge in [0, 0.05) is 23.5 Å². The number of hydrogen-bond donors (Lipinski definition) is 2. The SMILES string of the molecule is Cc1ccc(S(=O)(=O)Nc2ccc(NC(=O)Cc3ccc([N+](=O)[O-])cc3)cc2)cc1. The van der Waals surface area contributed by atoms with Gasteiger partial charge in [-0.1, -0.05) is 29.8 Å². The van der Waals surface area contributed by atoms with Crippen LogP contribution in [-0.4, -0.2) is 19.2 Å². The second-order valence-electron chi connectivity index (χ2n) is 6.64. The van der Waals surface area contributed by atoms with Crippen molar-refractivity contribution in [2.75, 3.05) is 10.0 Å². The molecule has 3 rings (SSSR count). The second kappa shape index (κ2) is 8.75. The number of anilines is 2. The predicted molar refractivity (Wildman–Crippen MR) is 114 cm³/mol. The first kappa shape index (κ1) is 21.0. The highest BCUT2D eigenvalue weighted by Gasteiger charge is 2.14. The van der Waals surface area contributed by atoms with Gasteiger partial charge >= 0.3 is 0 Å². The number of hydrogen-bond acceptors (Lipinski definition) is 5. The van der Waals surface area contributed by atoms with Gasteiger partial charge in [0.15, 0.2) is 0 Å². The average molecular weight is 425 g/mol. The molecular weight excluding hydrogens is 406 g/mol. The van der Waals surface area contributed by atoms with Crippen molar-refractivity contribution in [1.82, 2.24) is 0 Å². The van der Waals surface area contributed by atoms with E-state index in [2.05, 4.69) is 10.0 Å². The Morgan fingerprint density at radius 3 is 2.03 bits per heavy atom. The van der Waals surface area contributed by atoms with E-state index in [0.717, 1.165) is 5.56 Å². The second-order valence-corrected chi connectivity index (χ2v) is 8.33. The molecule has 1 amide bonds. The molecule has 3 aromatic rings. The Morgan fingerprint density at radius 2 is 1.47 bits per heavy atom. The van der Waals surface area contributed by atoms with Crippen LogP contribution in [0.25, 0.3) is 0 Å². The predicted octanol–water partition coefficient (Wildman–Crippen LogP) is 3.89. The summed E-state index contributed by atoms with van der Waals surface area (Å²) in [5.74, 6) is -0.295. The molecule has 0 bridgehead atoms. The van der Waals surface area contributed by atoms with Crippen LogP contribution in [0.4, 0.5) is 17.1 Å². The van der Waals surface area contributed by atoms with E-state index in [4.69, 9.17) is 0 Å². The van der Waals surface area contributed by atoms with E-state index in [1.807, 2.05) is 6.92 Å².